The SMILES string of the molecule is Cc1ccc(NC(=O)[C@H](C)Oc2ccc(C(=O)NC3CCCCC3)cc2)cc1Cl. The Morgan fingerprint density at radius 3 is 2.41 bits per heavy atom. The predicted octanol–water partition coefficient (Wildman–Crippen LogP) is 5.12. The molecule has 0 unspecified atom stereocenters. The molecule has 2 aromatic rings. The van der Waals surface area contributed by atoms with Gasteiger partial charge < -0.3 is 15.4 Å². The van der Waals surface area contributed by atoms with Crippen LogP contribution >= 0.6 is 11.6 Å². The Hall–Kier alpha value is -2.53. The van der Waals surface area contributed by atoms with Crippen LogP contribution in [0.2, 0.25) is 5.02 Å². The zero-order chi connectivity index (χ0) is 20.8. The standard InChI is InChI=1S/C23H27ClN2O3/c1-15-8-11-19(14-21(15)24)26-22(27)16(2)29-20-12-9-17(10-13-20)23(28)25-18-6-4-3-5-7-18/h8-14,16,18H,3-7H2,1-2H3,(H,25,28)(H,26,27)/t16-/m0/s1. The van der Waals surface area contributed by atoms with Crippen molar-refractivity contribution in [2.75, 3.05) is 5.32 Å². The summed E-state index contributed by atoms with van der Waals surface area (Å²) in [4.78, 5) is 24.7. The molecule has 1 atom stereocenters. The lowest BCUT2D eigenvalue weighted by atomic mass is 9.95. The maximum Gasteiger partial charge on any atom is 0.265 e. The molecule has 0 bridgehead atoms. The van der Waals surface area contributed by atoms with Gasteiger partial charge in [0.2, 0.25) is 0 Å². The third kappa shape index (κ3) is 5.97. The summed E-state index contributed by atoms with van der Waals surface area (Å²) in [6.45, 7) is 3.58. The van der Waals surface area contributed by atoms with E-state index in [0.717, 1.165) is 18.4 Å². The first-order valence-electron chi connectivity index (χ1n) is 10.1. The van der Waals surface area contributed by atoms with Crippen LogP contribution < -0.4 is 15.4 Å². The van der Waals surface area contributed by atoms with E-state index < -0.39 is 6.10 Å². The first-order valence-corrected chi connectivity index (χ1v) is 10.4. The summed E-state index contributed by atoms with van der Waals surface area (Å²) in [5.74, 6) is 0.193. The number of nitrogens with one attached hydrogen (secondary N) is 2. The van der Waals surface area contributed by atoms with E-state index >= 15 is 0 Å². The second-order valence-electron chi connectivity index (χ2n) is 7.55. The fraction of sp³-hybridized carbons (Fsp3) is 0.391. The van der Waals surface area contributed by atoms with Crippen molar-refractivity contribution in [1.29, 1.82) is 0 Å². The fourth-order valence-corrected chi connectivity index (χ4v) is 3.55. The van der Waals surface area contributed by atoms with E-state index in [0.29, 0.717) is 22.0 Å². The van der Waals surface area contributed by atoms with Crippen molar-refractivity contribution in [2.24, 2.45) is 0 Å². The van der Waals surface area contributed by atoms with E-state index in [9.17, 15) is 9.59 Å². The van der Waals surface area contributed by atoms with Crippen LogP contribution in [-0.2, 0) is 4.79 Å². The molecule has 0 heterocycles. The highest BCUT2D eigenvalue weighted by Gasteiger charge is 2.18. The van der Waals surface area contributed by atoms with Crippen LogP contribution in [0.25, 0.3) is 0 Å². The molecule has 29 heavy (non-hydrogen) atoms. The molecular formula is C23H27ClN2O3. The highest BCUT2D eigenvalue weighted by Crippen LogP contribution is 2.21. The van der Waals surface area contributed by atoms with Crippen molar-refractivity contribution in [3.05, 3.63) is 58.6 Å². The Labute approximate surface area is 176 Å². The first-order chi connectivity index (χ1) is 13.9. The molecule has 5 nitrogen and oxygen atoms in total. The van der Waals surface area contributed by atoms with Gasteiger partial charge in [-0.2, -0.15) is 0 Å². The van der Waals surface area contributed by atoms with E-state index in [2.05, 4.69) is 10.6 Å². The van der Waals surface area contributed by atoms with Gasteiger partial charge in [-0.1, -0.05) is 36.9 Å². The Morgan fingerprint density at radius 2 is 1.76 bits per heavy atom. The first kappa shape index (κ1) is 21.2. The molecule has 0 aliphatic heterocycles. The van der Waals surface area contributed by atoms with Crippen molar-refractivity contribution in [3.63, 3.8) is 0 Å². The lowest BCUT2D eigenvalue weighted by Gasteiger charge is -2.22. The molecule has 0 aromatic heterocycles. The van der Waals surface area contributed by atoms with Crippen LogP contribution in [0.15, 0.2) is 42.5 Å². The van der Waals surface area contributed by atoms with Gasteiger partial charge in [-0.05, 0) is 68.7 Å². The molecule has 1 saturated carbocycles. The number of anilines is 1. The lowest BCUT2D eigenvalue weighted by Crippen LogP contribution is -2.36. The summed E-state index contributed by atoms with van der Waals surface area (Å²) in [5.41, 5.74) is 2.16. The van der Waals surface area contributed by atoms with Crippen LogP contribution in [0, 0.1) is 6.92 Å². The number of amides is 2. The third-order valence-corrected chi connectivity index (χ3v) is 5.59. The highest BCUT2D eigenvalue weighted by atomic mass is 35.5. The number of benzene rings is 2. The normalized spacial score (nSPS) is 15.4. The summed E-state index contributed by atoms with van der Waals surface area (Å²) >= 11 is 6.09. The average Bonchev–Trinajstić information content (AvgIpc) is 2.72. The number of aryl methyl sites for hydroxylation is 1. The van der Waals surface area contributed by atoms with E-state index in [4.69, 9.17) is 16.3 Å². The minimum Gasteiger partial charge on any atom is -0.481 e. The van der Waals surface area contributed by atoms with Crippen LogP contribution in [0.5, 0.6) is 5.75 Å². The molecule has 3 rings (SSSR count). The van der Waals surface area contributed by atoms with Gasteiger partial charge in [-0.25, -0.2) is 0 Å². The van der Waals surface area contributed by atoms with Gasteiger partial charge in [-0.3, -0.25) is 9.59 Å². The van der Waals surface area contributed by atoms with Crippen molar-refractivity contribution >= 4 is 29.1 Å². The number of halogens is 1. The topological polar surface area (TPSA) is 67.4 Å². The molecule has 154 valence electrons. The van der Waals surface area contributed by atoms with Gasteiger partial charge in [0, 0.05) is 22.3 Å². The minimum atomic E-state index is -0.697. The summed E-state index contributed by atoms with van der Waals surface area (Å²) in [6.07, 6.45) is 4.99. The van der Waals surface area contributed by atoms with Crippen molar-refractivity contribution < 1.29 is 14.3 Å². The molecule has 2 aromatic carbocycles. The lowest BCUT2D eigenvalue weighted by molar-refractivity contribution is -0.122. The van der Waals surface area contributed by atoms with Gasteiger partial charge in [0.05, 0.1) is 0 Å². The second-order valence-corrected chi connectivity index (χ2v) is 7.95. The van der Waals surface area contributed by atoms with Crippen LogP contribution in [0.1, 0.15) is 54.9 Å². The van der Waals surface area contributed by atoms with E-state index in [1.165, 1.54) is 19.3 Å². The maximum atomic E-state index is 12.4. The number of carbonyl (C=O) groups is 2. The summed E-state index contributed by atoms with van der Waals surface area (Å²) in [7, 11) is 0. The van der Waals surface area contributed by atoms with Crippen molar-refractivity contribution in [3.8, 4) is 5.75 Å². The molecule has 2 N–H and O–H groups in total. The number of rotatable bonds is 6. The fourth-order valence-electron chi connectivity index (χ4n) is 3.37. The van der Waals surface area contributed by atoms with Gasteiger partial charge in [0.1, 0.15) is 5.75 Å². The van der Waals surface area contributed by atoms with Crippen molar-refractivity contribution in [2.45, 2.75) is 58.1 Å². The largest absolute Gasteiger partial charge is 0.481 e. The van der Waals surface area contributed by atoms with E-state index in [1.807, 2.05) is 13.0 Å². The summed E-state index contributed by atoms with van der Waals surface area (Å²) < 4.78 is 5.71. The Kier molecular flexibility index (Phi) is 7.15. The molecule has 1 fully saturated rings. The Bertz CT molecular complexity index is 861. The van der Waals surface area contributed by atoms with Crippen LogP contribution in [-0.4, -0.2) is 24.0 Å². The van der Waals surface area contributed by atoms with Gasteiger partial charge in [0.25, 0.3) is 11.8 Å². The number of hydrogen-bond donors (Lipinski definition) is 2. The number of carbonyl (C=O) groups excluding carboxylic acids is 2. The quantitative estimate of drug-likeness (QED) is 0.689. The van der Waals surface area contributed by atoms with Gasteiger partial charge in [-0.15, -0.1) is 0 Å². The monoisotopic (exact) mass is 414 g/mol. The van der Waals surface area contributed by atoms with Crippen LogP contribution in [0.3, 0.4) is 0 Å². The molecule has 2 amide bonds. The second kappa shape index (κ2) is 9.79. The van der Waals surface area contributed by atoms with Gasteiger partial charge >= 0.3 is 0 Å². The number of hydrogen-bond acceptors (Lipinski definition) is 3. The van der Waals surface area contributed by atoms with Crippen LogP contribution in [0.4, 0.5) is 5.69 Å². The van der Waals surface area contributed by atoms with E-state index in [-0.39, 0.29) is 17.9 Å². The zero-order valence-electron chi connectivity index (χ0n) is 16.8. The molecule has 6 heteroatoms. The van der Waals surface area contributed by atoms with Gasteiger partial charge in [0.15, 0.2) is 6.10 Å². The molecule has 1 aliphatic carbocycles. The van der Waals surface area contributed by atoms with E-state index in [1.54, 1.807) is 43.3 Å². The maximum absolute atomic E-state index is 12.4. The van der Waals surface area contributed by atoms with Crippen molar-refractivity contribution in [1.82, 2.24) is 5.32 Å². The molecule has 1 aliphatic rings. The average molecular weight is 415 g/mol. The highest BCUT2D eigenvalue weighted by molar-refractivity contribution is 6.31. The molecule has 0 saturated heterocycles. The minimum absolute atomic E-state index is 0.0644. The summed E-state index contributed by atoms with van der Waals surface area (Å²) in [6, 6.07) is 12.5. The number of ether oxygens (including phenoxy) is 1. The molecular weight excluding hydrogens is 388 g/mol. The third-order valence-electron chi connectivity index (χ3n) is 5.18. The molecule has 0 radical (unpaired) electrons. The summed E-state index contributed by atoms with van der Waals surface area (Å²) in [5, 5.41) is 6.48. The molecule has 0 spiro atoms. The predicted molar refractivity (Wildman–Crippen MR) is 116 cm³/mol. The Balaban J connectivity index is 1.53. The zero-order valence-corrected chi connectivity index (χ0v) is 17.6. The smallest absolute Gasteiger partial charge is 0.265 e. The Morgan fingerprint density at radius 1 is 1.07 bits per heavy atom.